The molecule has 0 saturated carbocycles. The summed E-state index contributed by atoms with van der Waals surface area (Å²) in [6, 6.07) is 19.0. The number of para-hydroxylation sites is 1. The molecule has 0 bridgehead atoms. The maximum Gasteiger partial charge on any atom is 0.250 e. The molecule has 4 rings (SSSR count). The fourth-order valence-electron chi connectivity index (χ4n) is 3.18. The van der Waals surface area contributed by atoms with Gasteiger partial charge in [0.15, 0.2) is 0 Å². The van der Waals surface area contributed by atoms with Crippen molar-refractivity contribution in [2.45, 2.75) is 10.6 Å². The number of hydrogen-bond donors (Lipinski definition) is 2. The van der Waals surface area contributed by atoms with E-state index in [-0.39, 0.29) is 10.8 Å². The fraction of sp³-hybridized carbons (Fsp3) is 0.150. The summed E-state index contributed by atoms with van der Waals surface area (Å²) in [7, 11) is -3.65. The number of thiophene rings is 1. The zero-order chi connectivity index (χ0) is 19.6. The van der Waals surface area contributed by atoms with Crippen LogP contribution in [0.5, 0.6) is 0 Å². The van der Waals surface area contributed by atoms with E-state index in [0.29, 0.717) is 5.69 Å². The second-order valence-corrected chi connectivity index (χ2v) is 9.32. The molecule has 2 aromatic carbocycles. The second-order valence-electron chi connectivity index (χ2n) is 6.38. The smallest absolute Gasteiger partial charge is 0.250 e. The quantitative estimate of drug-likeness (QED) is 0.650. The highest BCUT2D eigenvalue weighted by molar-refractivity contribution is 7.91. The van der Waals surface area contributed by atoms with Gasteiger partial charge in [0, 0.05) is 23.6 Å². The number of hydrogen-bond acceptors (Lipinski definition) is 5. The standard InChI is InChI=1S/C20H19N3O3S2/c24-19(14-21-28(25,26)20-6-3-13-27-20)22-16-7-9-17(10-8-16)23-12-11-15-4-1-2-5-18(15)23/h1-10,13,21H,11-12,14H2,(H,22,24). The Bertz CT molecular complexity index is 1080. The monoisotopic (exact) mass is 413 g/mol. The topological polar surface area (TPSA) is 78.5 Å². The van der Waals surface area contributed by atoms with Crippen molar-refractivity contribution in [1.29, 1.82) is 0 Å². The Labute approximate surface area is 167 Å². The van der Waals surface area contributed by atoms with Crippen LogP contribution in [0.15, 0.2) is 70.3 Å². The van der Waals surface area contributed by atoms with Gasteiger partial charge < -0.3 is 10.2 Å². The van der Waals surface area contributed by atoms with Gasteiger partial charge in [-0.3, -0.25) is 4.79 Å². The van der Waals surface area contributed by atoms with E-state index < -0.39 is 15.9 Å². The van der Waals surface area contributed by atoms with E-state index in [1.165, 1.54) is 17.3 Å². The average molecular weight is 414 g/mol. The molecule has 0 fully saturated rings. The van der Waals surface area contributed by atoms with Crippen LogP contribution >= 0.6 is 11.3 Å². The van der Waals surface area contributed by atoms with Crippen molar-refractivity contribution in [3.05, 3.63) is 71.6 Å². The van der Waals surface area contributed by atoms with Crippen molar-refractivity contribution in [3.63, 3.8) is 0 Å². The van der Waals surface area contributed by atoms with Crippen molar-refractivity contribution in [3.8, 4) is 0 Å². The highest BCUT2D eigenvalue weighted by atomic mass is 32.2. The number of carbonyl (C=O) groups excluding carboxylic acids is 1. The highest BCUT2D eigenvalue weighted by Crippen LogP contribution is 2.34. The lowest BCUT2D eigenvalue weighted by Gasteiger charge is -2.20. The summed E-state index contributed by atoms with van der Waals surface area (Å²) in [6.07, 6.45) is 1.01. The van der Waals surface area contributed by atoms with Crippen molar-refractivity contribution in [2.75, 3.05) is 23.3 Å². The van der Waals surface area contributed by atoms with Crippen LogP contribution in [0.1, 0.15) is 5.56 Å². The molecule has 0 aliphatic carbocycles. The second kappa shape index (κ2) is 7.75. The lowest BCUT2D eigenvalue weighted by Crippen LogP contribution is -2.32. The van der Waals surface area contributed by atoms with Gasteiger partial charge in [-0.25, -0.2) is 13.1 Å². The SMILES string of the molecule is O=C(CNS(=O)(=O)c1cccs1)Nc1ccc(N2CCc3ccccc32)cc1. The molecule has 1 aliphatic heterocycles. The van der Waals surface area contributed by atoms with E-state index >= 15 is 0 Å². The van der Waals surface area contributed by atoms with Crippen LogP contribution in [0, 0.1) is 0 Å². The van der Waals surface area contributed by atoms with Gasteiger partial charge in [0.1, 0.15) is 4.21 Å². The van der Waals surface area contributed by atoms with Crippen LogP contribution in [0.25, 0.3) is 0 Å². The molecular formula is C20H19N3O3S2. The van der Waals surface area contributed by atoms with E-state index in [1.54, 1.807) is 11.4 Å². The van der Waals surface area contributed by atoms with Crippen LogP contribution < -0.4 is 14.9 Å². The van der Waals surface area contributed by atoms with Crippen LogP contribution in [-0.4, -0.2) is 27.4 Å². The number of carbonyl (C=O) groups is 1. The van der Waals surface area contributed by atoms with Gasteiger partial charge in [-0.1, -0.05) is 24.3 Å². The average Bonchev–Trinajstić information content (AvgIpc) is 3.38. The largest absolute Gasteiger partial charge is 0.341 e. The predicted octanol–water partition coefficient (Wildman–Crippen LogP) is 3.36. The number of sulfonamides is 1. The Kier molecular flexibility index (Phi) is 5.17. The van der Waals surface area contributed by atoms with E-state index in [9.17, 15) is 13.2 Å². The number of amides is 1. The molecule has 28 heavy (non-hydrogen) atoms. The Morgan fingerprint density at radius 3 is 2.57 bits per heavy atom. The zero-order valence-corrected chi connectivity index (χ0v) is 16.6. The molecule has 2 N–H and O–H groups in total. The number of nitrogens with one attached hydrogen (secondary N) is 2. The third kappa shape index (κ3) is 3.94. The zero-order valence-electron chi connectivity index (χ0n) is 15.0. The van der Waals surface area contributed by atoms with Crippen LogP contribution in [0.3, 0.4) is 0 Å². The summed E-state index contributed by atoms with van der Waals surface area (Å²) < 4.78 is 26.6. The summed E-state index contributed by atoms with van der Waals surface area (Å²) in [5, 5.41) is 4.39. The third-order valence-electron chi connectivity index (χ3n) is 4.53. The maximum atomic E-state index is 12.1. The first-order valence-corrected chi connectivity index (χ1v) is 11.2. The molecule has 1 amide bonds. The molecule has 8 heteroatoms. The number of fused-ring (bicyclic) bond motifs is 1. The van der Waals surface area contributed by atoms with Crippen LogP contribution in [-0.2, 0) is 21.2 Å². The molecule has 6 nitrogen and oxygen atoms in total. The summed E-state index contributed by atoms with van der Waals surface area (Å²) >= 11 is 1.11. The van der Waals surface area contributed by atoms with E-state index in [2.05, 4.69) is 27.1 Å². The molecule has 0 radical (unpaired) electrons. The summed E-state index contributed by atoms with van der Waals surface area (Å²) in [5.74, 6) is -0.417. The van der Waals surface area contributed by atoms with Gasteiger partial charge in [-0.05, 0) is 53.8 Å². The highest BCUT2D eigenvalue weighted by Gasteiger charge is 2.20. The minimum absolute atomic E-state index is 0.190. The Morgan fingerprint density at radius 2 is 1.82 bits per heavy atom. The van der Waals surface area contributed by atoms with Gasteiger partial charge in [0.25, 0.3) is 10.0 Å². The minimum Gasteiger partial charge on any atom is -0.341 e. The summed E-state index contributed by atoms with van der Waals surface area (Å²) in [6.45, 7) is 0.608. The first kappa shape index (κ1) is 18.7. The Hall–Kier alpha value is -2.68. The molecule has 1 aliphatic rings. The lowest BCUT2D eigenvalue weighted by atomic mass is 10.2. The number of benzene rings is 2. The lowest BCUT2D eigenvalue weighted by molar-refractivity contribution is -0.115. The fourth-order valence-corrected chi connectivity index (χ4v) is 5.20. The van der Waals surface area contributed by atoms with Crippen molar-refractivity contribution < 1.29 is 13.2 Å². The normalized spacial score (nSPS) is 13.4. The summed E-state index contributed by atoms with van der Waals surface area (Å²) in [4.78, 5) is 14.3. The number of rotatable bonds is 6. The van der Waals surface area contributed by atoms with Crippen molar-refractivity contribution >= 4 is 44.3 Å². The van der Waals surface area contributed by atoms with Crippen molar-refractivity contribution in [1.82, 2.24) is 4.72 Å². The van der Waals surface area contributed by atoms with E-state index in [4.69, 9.17) is 0 Å². The van der Waals surface area contributed by atoms with Gasteiger partial charge >= 0.3 is 0 Å². The molecular weight excluding hydrogens is 394 g/mol. The third-order valence-corrected chi connectivity index (χ3v) is 7.33. The summed E-state index contributed by atoms with van der Waals surface area (Å²) in [5.41, 5.74) is 4.22. The molecule has 0 unspecified atom stereocenters. The number of nitrogens with zero attached hydrogens (tertiary/aromatic N) is 1. The molecule has 0 atom stereocenters. The molecule has 1 aromatic heterocycles. The first-order chi connectivity index (χ1) is 13.5. The first-order valence-electron chi connectivity index (χ1n) is 8.81. The maximum absolute atomic E-state index is 12.1. The minimum atomic E-state index is -3.65. The van der Waals surface area contributed by atoms with Gasteiger partial charge in [0.05, 0.1) is 6.54 Å². The van der Waals surface area contributed by atoms with Gasteiger partial charge in [-0.15, -0.1) is 11.3 Å². The molecule has 2 heterocycles. The molecule has 3 aromatic rings. The van der Waals surface area contributed by atoms with E-state index in [0.717, 1.165) is 30.0 Å². The molecule has 0 saturated heterocycles. The Balaban J connectivity index is 1.37. The molecule has 144 valence electrons. The van der Waals surface area contributed by atoms with Crippen molar-refractivity contribution in [2.24, 2.45) is 0 Å². The van der Waals surface area contributed by atoms with Gasteiger partial charge in [0.2, 0.25) is 5.91 Å². The van der Waals surface area contributed by atoms with E-state index in [1.807, 2.05) is 36.4 Å². The van der Waals surface area contributed by atoms with Gasteiger partial charge in [-0.2, -0.15) is 0 Å². The predicted molar refractivity (Wildman–Crippen MR) is 112 cm³/mol. The molecule has 0 spiro atoms. The number of anilines is 3. The Morgan fingerprint density at radius 1 is 1.04 bits per heavy atom. The van der Waals surface area contributed by atoms with Crippen LogP contribution in [0.2, 0.25) is 0 Å². The van der Waals surface area contributed by atoms with Crippen LogP contribution in [0.4, 0.5) is 17.1 Å².